The number of nitrogens with one attached hydrogen (secondary N) is 1. The molecule has 6 nitrogen and oxygen atoms in total. The van der Waals surface area contributed by atoms with E-state index in [0.29, 0.717) is 12.1 Å². The Hall–Kier alpha value is -3.28. The number of likely N-dealkylation sites (N-methyl/N-ethyl adjacent to an activating group) is 1. The van der Waals surface area contributed by atoms with Gasteiger partial charge in [0.15, 0.2) is 0 Å². The second-order valence-corrected chi connectivity index (χ2v) is 7.23. The number of nitrogens with zero attached hydrogens (tertiary/aromatic N) is 2. The number of hydrogen-bond donors (Lipinski definition) is 1. The average Bonchev–Trinajstić information content (AvgIpc) is 3.04. The third-order valence-electron chi connectivity index (χ3n) is 5.61. The van der Waals surface area contributed by atoms with Crippen LogP contribution in [0.1, 0.15) is 22.7 Å². The monoisotopic (exact) mass is 377 g/mol. The van der Waals surface area contributed by atoms with Crippen LogP contribution in [0.15, 0.2) is 53.7 Å². The Balaban J connectivity index is 1.74. The molecule has 0 saturated heterocycles. The van der Waals surface area contributed by atoms with Gasteiger partial charge in [0.2, 0.25) is 0 Å². The van der Waals surface area contributed by atoms with Gasteiger partial charge in [0.1, 0.15) is 5.75 Å². The van der Waals surface area contributed by atoms with Gasteiger partial charge in [0.25, 0.3) is 5.91 Å². The summed E-state index contributed by atoms with van der Waals surface area (Å²) in [6, 6.07) is 12.7. The highest BCUT2D eigenvalue weighted by Crippen LogP contribution is 2.38. The van der Waals surface area contributed by atoms with Crippen LogP contribution in [0.5, 0.6) is 5.75 Å². The molecule has 0 spiro atoms. The second kappa shape index (κ2) is 6.71. The first-order valence-corrected chi connectivity index (χ1v) is 9.21. The third kappa shape index (κ3) is 2.81. The molecule has 0 saturated carbocycles. The third-order valence-corrected chi connectivity index (χ3v) is 5.61. The van der Waals surface area contributed by atoms with Gasteiger partial charge < -0.3 is 15.0 Å². The maximum Gasteiger partial charge on any atom is 0.322 e. The molecule has 6 heteroatoms. The first-order valence-electron chi connectivity index (χ1n) is 9.21. The van der Waals surface area contributed by atoms with Crippen LogP contribution >= 0.6 is 0 Å². The molecule has 3 amide bonds. The first kappa shape index (κ1) is 18.1. The van der Waals surface area contributed by atoms with E-state index < -0.39 is 6.04 Å². The Labute approximate surface area is 164 Å². The van der Waals surface area contributed by atoms with E-state index in [9.17, 15) is 9.59 Å². The zero-order valence-electron chi connectivity index (χ0n) is 16.4. The van der Waals surface area contributed by atoms with Crippen molar-refractivity contribution in [3.05, 3.63) is 70.4 Å². The van der Waals surface area contributed by atoms with Crippen LogP contribution in [0.3, 0.4) is 0 Å². The largest absolute Gasteiger partial charge is 0.497 e. The molecule has 0 fully saturated rings. The summed E-state index contributed by atoms with van der Waals surface area (Å²) >= 11 is 0. The van der Waals surface area contributed by atoms with Gasteiger partial charge in [0, 0.05) is 12.7 Å². The van der Waals surface area contributed by atoms with Gasteiger partial charge in [-0.1, -0.05) is 18.2 Å². The zero-order valence-corrected chi connectivity index (χ0v) is 16.4. The number of rotatable bonds is 3. The lowest BCUT2D eigenvalue weighted by atomic mass is 9.95. The lowest BCUT2D eigenvalue weighted by Gasteiger charge is -2.31. The van der Waals surface area contributed by atoms with Gasteiger partial charge in [-0.2, -0.15) is 0 Å². The van der Waals surface area contributed by atoms with E-state index in [1.807, 2.05) is 56.3 Å². The number of anilines is 1. The number of carbonyl (C=O) groups is 2. The van der Waals surface area contributed by atoms with Crippen molar-refractivity contribution in [2.24, 2.45) is 0 Å². The van der Waals surface area contributed by atoms with Crippen LogP contribution in [-0.4, -0.2) is 37.5 Å². The Morgan fingerprint density at radius 3 is 2.39 bits per heavy atom. The number of carbonyl (C=O) groups excluding carboxylic acids is 2. The lowest BCUT2D eigenvalue weighted by Crippen LogP contribution is -2.45. The normalized spacial score (nSPS) is 19.1. The Kier molecular flexibility index (Phi) is 4.34. The number of urea groups is 1. The predicted octanol–water partition coefficient (Wildman–Crippen LogP) is 3.31. The molecule has 28 heavy (non-hydrogen) atoms. The summed E-state index contributed by atoms with van der Waals surface area (Å²) in [6.45, 7) is 4.46. The van der Waals surface area contributed by atoms with E-state index in [1.54, 1.807) is 19.1 Å². The molecule has 2 heterocycles. The van der Waals surface area contributed by atoms with E-state index in [4.69, 9.17) is 4.74 Å². The van der Waals surface area contributed by atoms with Gasteiger partial charge in [-0.3, -0.25) is 9.69 Å². The summed E-state index contributed by atoms with van der Waals surface area (Å²) in [5, 5.41) is 2.96. The fraction of sp³-hybridized carbons (Fsp3) is 0.273. The van der Waals surface area contributed by atoms with Gasteiger partial charge in [-0.25, -0.2) is 4.79 Å². The Bertz CT molecular complexity index is 995. The minimum absolute atomic E-state index is 0.0779. The predicted molar refractivity (Wildman–Crippen MR) is 107 cm³/mol. The highest BCUT2D eigenvalue weighted by molar-refractivity contribution is 6.11. The molecule has 1 atom stereocenters. The second-order valence-electron chi connectivity index (χ2n) is 7.23. The number of amides is 3. The van der Waals surface area contributed by atoms with Gasteiger partial charge in [-0.15, -0.1) is 0 Å². The zero-order chi connectivity index (χ0) is 20.0. The van der Waals surface area contributed by atoms with Crippen molar-refractivity contribution in [1.82, 2.24) is 10.2 Å². The number of methoxy groups -OCH3 is 1. The van der Waals surface area contributed by atoms with Crippen molar-refractivity contribution in [2.75, 3.05) is 25.6 Å². The molecule has 1 N–H and O–H groups in total. The molecule has 2 aliphatic rings. The van der Waals surface area contributed by atoms with E-state index >= 15 is 0 Å². The van der Waals surface area contributed by atoms with E-state index in [2.05, 4.69) is 5.32 Å². The molecule has 1 unspecified atom stereocenters. The first-order chi connectivity index (χ1) is 13.4. The summed E-state index contributed by atoms with van der Waals surface area (Å²) in [6.07, 6.45) is 0. The van der Waals surface area contributed by atoms with Crippen molar-refractivity contribution < 1.29 is 14.3 Å². The maximum atomic E-state index is 13.4. The number of hydrogen-bond acceptors (Lipinski definition) is 3. The van der Waals surface area contributed by atoms with Gasteiger partial charge >= 0.3 is 6.03 Å². The highest BCUT2D eigenvalue weighted by atomic mass is 16.5. The summed E-state index contributed by atoms with van der Waals surface area (Å²) in [5.41, 5.74) is 5.36. The van der Waals surface area contributed by atoms with Crippen molar-refractivity contribution in [3.8, 4) is 5.75 Å². The smallest absolute Gasteiger partial charge is 0.322 e. The van der Waals surface area contributed by atoms with Gasteiger partial charge in [-0.05, 0) is 54.8 Å². The van der Waals surface area contributed by atoms with Crippen LogP contribution in [-0.2, 0) is 4.79 Å². The SMILES string of the molecule is COc1ccc(C2NC(=O)N(C)C3=C2C(=O)N(c2ccc(C)c(C)c2)C3)cc1. The quantitative estimate of drug-likeness (QED) is 0.893. The molecular formula is C22H23N3O3. The fourth-order valence-electron chi connectivity index (χ4n) is 3.72. The van der Waals surface area contributed by atoms with Crippen molar-refractivity contribution in [1.29, 1.82) is 0 Å². The lowest BCUT2D eigenvalue weighted by molar-refractivity contribution is -0.114. The van der Waals surface area contributed by atoms with Crippen molar-refractivity contribution in [2.45, 2.75) is 19.9 Å². The fourth-order valence-corrected chi connectivity index (χ4v) is 3.72. The summed E-state index contributed by atoms with van der Waals surface area (Å²) in [4.78, 5) is 29.2. The summed E-state index contributed by atoms with van der Waals surface area (Å²) < 4.78 is 5.22. The molecular weight excluding hydrogens is 354 g/mol. The molecule has 0 aliphatic carbocycles. The average molecular weight is 377 g/mol. The van der Waals surface area contributed by atoms with Crippen molar-refractivity contribution >= 4 is 17.6 Å². The minimum Gasteiger partial charge on any atom is -0.497 e. The number of ether oxygens (including phenoxy) is 1. The molecule has 4 rings (SSSR count). The molecule has 2 aliphatic heterocycles. The molecule has 0 aromatic heterocycles. The van der Waals surface area contributed by atoms with Crippen molar-refractivity contribution in [3.63, 3.8) is 0 Å². The molecule has 0 bridgehead atoms. The topological polar surface area (TPSA) is 61.9 Å². The standard InChI is InChI=1S/C22H23N3O3/c1-13-5-8-16(11-14(13)2)25-12-18-19(21(25)26)20(23-22(27)24(18)3)15-6-9-17(28-4)10-7-15/h5-11,20H,12H2,1-4H3,(H,23,27). The van der Waals surface area contributed by atoms with E-state index in [0.717, 1.165) is 28.3 Å². The van der Waals surface area contributed by atoms with Crippen LogP contribution < -0.4 is 15.0 Å². The number of aryl methyl sites for hydroxylation is 2. The van der Waals surface area contributed by atoms with Crippen LogP contribution in [0.4, 0.5) is 10.5 Å². The summed E-state index contributed by atoms with van der Waals surface area (Å²) in [5.74, 6) is 0.651. The van der Waals surface area contributed by atoms with E-state index in [-0.39, 0.29) is 11.9 Å². The molecule has 0 radical (unpaired) electrons. The number of benzene rings is 2. The van der Waals surface area contributed by atoms with Gasteiger partial charge in [0.05, 0.1) is 31.0 Å². The van der Waals surface area contributed by atoms with Crippen LogP contribution in [0, 0.1) is 13.8 Å². The minimum atomic E-state index is -0.478. The molecule has 2 aromatic carbocycles. The maximum absolute atomic E-state index is 13.4. The van der Waals surface area contributed by atoms with Crippen LogP contribution in [0.25, 0.3) is 0 Å². The Morgan fingerprint density at radius 1 is 1.04 bits per heavy atom. The molecule has 144 valence electrons. The van der Waals surface area contributed by atoms with E-state index in [1.165, 1.54) is 10.5 Å². The summed E-state index contributed by atoms with van der Waals surface area (Å²) in [7, 11) is 3.31. The Morgan fingerprint density at radius 2 is 1.75 bits per heavy atom. The highest BCUT2D eigenvalue weighted by Gasteiger charge is 2.43. The molecule has 2 aromatic rings. The van der Waals surface area contributed by atoms with Crippen LogP contribution in [0.2, 0.25) is 0 Å².